The van der Waals surface area contributed by atoms with E-state index < -0.39 is 102 Å². The zero-order valence-corrected chi connectivity index (χ0v) is 27.6. The fraction of sp³-hybridized carbons (Fsp3) is 0.900. The number of halogens is 6. The number of fused-ring (bicyclic) bond motifs is 1. The van der Waals surface area contributed by atoms with Gasteiger partial charge in [0, 0.05) is 20.6 Å². The van der Waals surface area contributed by atoms with Gasteiger partial charge in [-0.2, -0.15) is 26.3 Å². The smallest absolute Gasteiger partial charge is 0.413 e. The van der Waals surface area contributed by atoms with E-state index in [2.05, 4.69) is 0 Å². The summed E-state index contributed by atoms with van der Waals surface area (Å²) in [5, 5.41) is 0. The third-order valence-electron chi connectivity index (χ3n) is 8.76. The van der Waals surface area contributed by atoms with Crippen LogP contribution in [0.2, 0.25) is 39.3 Å². The number of alkyl halides is 6. The van der Waals surface area contributed by atoms with E-state index in [4.69, 9.17) is 17.1 Å². The molecule has 0 aromatic rings. The third-order valence-corrected chi connectivity index (χ3v) is 10.7. The average molecular weight is 637 g/mol. The Balaban J connectivity index is 2.72. The summed E-state index contributed by atoms with van der Waals surface area (Å²) in [6.45, 7) is 5.61. The van der Waals surface area contributed by atoms with Gasteiger partial charge in [-0.05, 0) is 115 Å². The Bertz CT molecular complexity index is 1120. The summed E-state index contributed by atoms with van der Waals surface area (Å²) >= 11 is 0. The van der Waals surface area contributed by atoms with Gasteiger partial charge < -0.3 is 8.85 Å². The van der Waals surface area contributed by atoms with Gasteiger partial charge in [0.05, 0.1) is 11.0 Å². The second kappa shape index (κ2) is 12.4. The summed E-state index contributed by atoms with van der Waals surface area (Å²) in [6.07, 6.45) is -11.1. The maximum atomic E-state index is 15.4. The molecule has 2 saturated carbocycles. The standard InChI is InChI=1S/C30H52F6O3Si2/c1-26(2,39-41(8,9)10)18-12-20-28(4,30(34,35)36)22(16-17-25(29(31,32)33)38-40(5,6)7)21-14-15-23-24(37)13-11-19-27(21,23)3/h16-17,21-23,25H,11-15,18-20H2,1-10H3/b17-16-/t21-,22?,23+,25?,27-,28+/m1/s1/i1D3,2D3. The molecule has 41 heavy (non-hydrogen) atoms. The van der Waals surface area contributed by atoms with Gasteiger partial charge in [-0.25, -0.2) is 0 Å². The van der Waals surface area contributed by atoms with Crippen LogP contribution in [-0.2, 0) is 13.6 Å². The second-order valence-electron chi connectivity index (χ2n) is 14.5. The lowest BCUT2D eigenvalue weighted by atomic mass is 9.56. The molecule has 11 heteroatoms. The van der Waals surface area contributed by atoms with Crippen molar-refractivity contribution >= 4 is 22.4 Å². The molecule has 3 nitrogen and oxygen atoms in total. The highest BCUT2D eigenvalue weighted by molar-refractivity contribution is 6.70. The van der Waals surface area contributed by atoms with Crippen molar-refractivity contribution in [2.24, 2.45) is 28.6 Å². The summed E-state index contributed by atoms with van der Waals surface area (Å²) in [4.78, 5) is 12.9. The van der Waals surface area contributed by atoms with Crippen LogP contribution in [0.1, 0.15) is 87.1 Å². The molecule has 2 aliphatic rings. The molecular weight excluding hydrogens is 578 g/mol. The number of rotatable bonds is 12. The molecule has 0 bridgehead atoms. The fourth-order valence-corrected chi connectivity index (χ4v) is 9.06. The maximum absolute atomic E-state index is 15.4. The highest BCUT2D eigenvalue weighted by atomic mass is 28.4. The van der Waals surface area contributed by atoms with Gasteiger partial charge in [0.2, 0.25) is 0 Å². The predicted molar refractivity (Wildman–Crippen MR) is 157 cm³/mol. The minimum absolute atomic E-state index is 0.0587. The zero-order chi connectivity index (χ0) is 36.9. The predicted octanol–water partition coefficient (Wildman–Crippen LogP) is 10.1. The summed E-state index contributed by atoms with van der Waals surface area (Å²) in [5.41, 5.74) is -6.35. The van der Waals surface area contributed by atoms with E-state index in [-0.39, 0.29) is 12.2 Å². The van der Waals surface area contributed by atoms with Gasteiger partial charge in [0.25, 0.3) is 0 Å². The molecule has 2 rings (SSSR count). The number of hydrogen-bond donors (Lipinski definition) is 0. The third kappa shape index (κ3) is 9.41. The normalized spacial score (nSPS) is 30.8. The van der Waals surface area contributed by atoms with Crippen molar-refractivity contribution in [2.45, 2.75) is 142 Å². The molecule has 0 N–H and O–H groups in total. The lowest BCUT2D eigenvalue weighted by molar-refractivity contribution is -0.243. The molecule has 6 atom stereocenters. The summed E-state index contributed by atoms with van der Waals surface area (Å²) < 4.78 is 149. The first kappa shape index (κ1) is 27.9. The van der Waals surface area contributed by atoms with Gasteiger partial charge in [0.1, 0.15) is 5.78 Å². The summed E-state index contributed by atoms with van der Waals surface area (Å²) in [5.74, 6) is -2.95. The van der Waals surface area contributed by atoms with Crippen LogP contribution in [-0.4, -0.2) is 46.5 Å². The number of allylic oxidation sites excluding steroid dienone is 1. The van der Waals surface area contributed by atoms with Crippen LogP contribution in [0.4, 0.5) is 26.3 Å². The number of ketones is 1. The molecular formula is C30H52F6O3Si2. The lowest BCUT2D eigenvalue weighted by Crippen LogP contribution is -2.49. The quantitative estimate of drug-likeness (QED) is 0.122. The zero-order valence-electron chi connectivity index (χ0n) is 31.6. The number of hydrogen-bond acceptors (Lipinski definition) is 3. The highest BCUT2D eigenvalue weighted by Gasteiger charge is 2.62. The molecule has 2 fully saturated rings. The van der Waals surface area contributed by atoms with Crippen molar-refractivity contribution in [1.82, 2.24) is 0 Å². The van der Waals surface area contributed by atoms with Crippen molar-refractivity contribution in [3.63, 3.8) is 0 Å². The Morgan fingerprint density at radius 3 is 2.10 bits per heavy atom. The van der Waals surface area contributed by atoms with Gasteiger partial charge in [-0.3, -0.25) is 4.79 Å². The number of Topliss-reactive ketones (excluding diaryl/α,β-unsaturated/α-hetero) is 1. The Kier molecular flexibility index (Phi) is 8.42. The molecule has 0 radical (unpaired) electrons. The Morgan fingerprint density at radius 2 is 1.61 bits per heavy atom. The van der Waals surface area contributed by atoms with Gasteiger partial charge in [0.15, 0.2) is 22.7 Å². The molecule has 2 aliphatic carbocycles. The molecule has 240 valence electrons. The summed E-state index contributed by atoms with van der Waals surface area (Å²) in [6, 6.07) is 0. The Hall–Kier alpha value is -0.656. The van der Waals surface area contributed by atoms with Crippen molar-refractivity contribution < 1.29 is 48.2 Å². The second-order valence-corrected chi connectivity index (χ2v) is 23.4. The van der Waals surface area contributed by atoms with Crippen LogP contribution in [0.25, 0.3) is 0 Å². The van der Waals surface area contributed by atoms with E-state index >= 15 is 13.2 Å². The first-order valence-corrected chi connectivity index (χ1v) is 21.3. The molecule has 0 aromatic heterocycles. The fourth-order valence-electron chi connectivity index (χ4n) is 6.94. The molecule has 2 unspecified atom stereocenters. The molecule has 0 aliphatic heterocycles. The van der Waals surface area contributed by atoms with Gasteiger partial charge >= 0.3 is 12.4 Å². The van der Waals surface area contributed by atoms with Crippen LogP contribution in [0.5, 0.6) is 0 Å². The molecule has 0 aromatic carbocycles. The first-order chi connectivity index (χ1) is 20.7. The topological polar surface area (TPSA) is 35.5 Å². The Labute approximate surface area is 253 Å². The summed E-state index contributed by atoms with van der Waals surface area (Å²) in [7, 11) is -5.71. The minimum atomic E-state index is -5.00. The van der Waals surface area contributed by atoms with E-state index in [0.29, 0.717) is 31.8 Å². The highest BCUT2D eigenvalue weighted by Crippen LogP contribution is 2.62. The monoisotopic (exact) mass is 636 g/mol. The van der Waals surface area contributed by atoms with E-state index in [1.54, 1.807) is 26.6 Å². The number of carbonyl (C=O) groups excluding carboxylic acids is 1. The lowest BCUT2D eigenvalue weighted by Gasteiger charge is -2.49. The van der Waals surface area contributed by atoms with Crippen LogP contribution in [0, 0.1) is 28.6 Å². The van der Waals surface area contributed by atoms with Crippen LogP contribution in [0.15, 0.2) is 12.2 Å². The molecule has 0 saturated heterocycles. The van der Waals surface area contributed by atoms with E-state index in [9.17, 15) is 18.0 Å². The van der Waals surface area contributed by atoms with Gasteiger partial charge in [-0.1, -0.05) is 26.0 Å². The molecule has 0 spiro atoms. The van der Waals surface area contributed by atoms with Crippen molar-refractivity contribution in [3.05, 3.63) is 12.2 Å². The van der Waals surface area contributed by atoms with Crippen LogP contribution >= 0.6 is 0 Å². The van der Waals surface area contributed by atoms with Crippen molar-refractivity contribution in [1.29, 1.82) is 0 Å². The average Bonchev–Trinajstić information content (AvgIpc) is 3.16. The van der Waals surface area contributed by atoms with Crippen molar-refractivity contribution in [3.8, 4) is 0 Å². The van der Waals surface area contributed by atoms with E-state index in [1.807, 2.05) is 0 Å². The largest absolute Gasteiger partial charge is 0.417 e. The molecule has 0 heterocycles. The van der Waals surface area contributed by atoms with E-state index in [1.165, 1.54) is 19.6 Å². The Morgan fingerprint density at radius 1 is 1.00 bits per heavy atom. The van der Waals surface area contributed by atoms with Crippen LogP contribution < -0.4 is 0 Å². The van der Waals surface area contributed by atoms with Crippen LogP contribution in [0.3, 0.4) is 0 Å². The van der Waals surface area contributed by atoms with Gasteiger partial charge in [-0.15, -0.1) is 0 Å². The molecule has 0 amide bonds. The van der Waals surface area contributed by atoms with Crippen molar-refractivity contribution in [2.75, 3.05) is 0 Å². The first-order valence-electron chi connectivity index (χ1n) is 17.4. The maximum Gasteiger partial charge on any atom is 0.417 e. The number of carbonyl (C=O) groups is 1. The van der Waals surface area contributed by atoms with E-state index in [0.717, 1.165) is 13.0 Å². The minimum Gasteiger partial charge on any atom is -0.413 e. The SMILES string of the molecule is [2H]C([2H])([2H])C(CCC[C@@](C)(C(/C=C\C(O[Si](C)(C)C)C(F)(F)F)[C@H]1CC[C@H]2C(=O)CCC[C@]12C)C(F)(F)F)(O[Si](C)(C)C)C([2H])([2H])[2H].